The molecule has 6 heteroatoms. The van der Waals surface area contributed by atoms with Gasteiger partial charge in [-0.15, -0.1) is 24.0 Å². The number of nitrogens with one attached hydrogen (secondary N) is 2. The summed E-state index contributed by atoms with van der Waals surface area (Å²) in [5.41, 5.74) is 0.912. The summed E-state index contributed by atoms with van der Waals surface area (Å²) in [6.45, 7) is 2.32. The highest BCUT2D eigenvalue weighted by molar-refractivity contribution is 14.0. The van der Waals surface area contributed by atoms with E-state index in [4.69, 9.17) is 4.42 Å². The number of rotatable bonds is 5. The number of hydrogen-bond acceptors (Lipinski definition) is 2. The van der Waals surface area contributed by atoms with Gasteiger partial charge < -0.3 is 19.6 Å². The fourth-order valence-electron chi connectivity index (χ4n) is 2.34. The Bertz CT molecular complexity index is 716. The largest absolute Gasteiger partial charge is 0.459 e. The molecule has 23 heavy (non-hydrogen) atoms. The molecule has 5 nitrogen and oxygen atoms in total. The van der Waals surface area contributed by atoms with Crippen LogP contribution in [-0.2, 0) is 13.1 Å². The van der Waals surface area contributed by atoms with Crippen molar-refractivity contribution in [2.75, 3.05) is 13.6 Å². The average Bonchev–Trinajstić information content (AvgIpc) is 3.19. The summed E-state index contributed by atoms with van der Waals surface area (Å²) in [7, 11) is 1.77. The van der Waals surface area contributed by atoms with Gasteiger partial charge >= 0.3 is 0 Å². The van der Waals surface area contributed by atoms with Crippen molar-refractivity contribution in [3.63, 3.8) is 0 Å². The molecule has 1 aromatic carbocycles. The number of fused-ring (bicyclic) bond motifs is 1. The smallest absolute Gasteiger partial charge is 0.191 e. The van der Waals surface area contributed by atoms with Crippen LogP contribution in [0.1, 0.15) is 5.76 Å². The van der Waals surface area contributed by atoms with Crippen LogP contribution in [0.3, 0.4) is 0 Å². The zero-order valence-corrected chi connectivity index (χ0v) is 15.4. The molecule has 0 unspecified atom stereocenters. The highest BCUT2D eigenvalue weighted by atomic mass is 127. The molecule has 0 radical (unpaired) electrons. The molecule has 3 aromatic rings. The number of guanidine groups is 1. The van der Waals surface area contributed by atoms with E-state index in [-0.39, 0.29) is 24.0 Å². The molecule has 0 spiro atoms. The molecule has 0 saturated heterocycles. The van der Waals surface area contributed by atoms with Gasteiger partial charge in [-0.2, -0.15) is 0 Å². The molecular formula is C17H21IN4O. The van der Waals surface area contributed by atoms with Crippen molar-refractivity contribution < 1.29 is 4.42 Å². The predicted molar refractivity (Wildman–Crippen MR) is 104 cm³/mol. The molecule has 0 atom stereocenters. The van der Waals surface area contributed by atoms with E-state index in [1.165, 1.54) is 0 Å². The van der Waals surface area contributed by atoms with Crippen LogP contribution in [0.2, 0.25) is 0 Å². The third-order valence-electron chi connectivity index (χ3n) is 3.46. The van der Waals surface area contributed by atoms with Crippen LogP contribution >= 0.6 is 24.0 Å². The van der Waals surface area contributed by atoms with Crippen LogP contribution in [-0.4, -0.2) is 24.1 Å². The first-order valence-corrected chi connectivity index (χ1v) is 7.38. The van der Waals surface area contributed by atoms with Crippen molar-refractivity contribution >= 4 is 40.9 Å². The summed E-state index contributed by atoms with van der Waals surface area (Å²) in [5.74, 6) is 1.67. The zero-order chi connectivity index (χ0) is 15.2. The van der Waals surface area contributed by atoms with Crippen LogP contribution in [0.4, 0.5) is 0 Å². The third-order valence-corrected chi connectivity index (χ3v) is 3.46. The molecule has 0 amide bonds. The fraction of sp³-hybridized carbons (Fsp3) is 0.235. The fourth-order valence-corrected chi connectivity index (χ4v) is 2.34. The highest BCUT2D eigenvalue weighted by Crippen LogP contribution is 2.18. The molecule has 0 fully saturated rings. The number of aliphatic imine (C=N–C) groups is 1. The SMILES string of the molecule is CN=C(NCCn1cccc1)NCc1cc2ccccc2o1.I. The first kappa shape index (κ1) is 17.4. The second kappa shape index (κ2) is 8.61. The van der Waals surface area contributed by atoms with Crippen LogP contribution in [0.25, 0.3) is 11.0 Å². The van der Waals surface area contributed by atoms with Gasteiger partial charge in [-0.25, -0.2) is 0 Å². The minimum atomic E-state index is 0. The quantitative estimate of drug-likeness (QED) is 0.376. The first-order chi connectivity index (χ1) is 10.8. The molecule has 2 heterocycles. The van der Waals surface area contributed by atoms with E-state index in [9.17, 15) is 0 Å². The molecule has 0 aliphatic rings. The third kappa shape index (κ3) is 4.75. The molecule has 2 aromatic heterocycles. The van der Waals surface area contributed by atoms with Gasteiger partial charge in [-0.3, -0.25) is 4.99 Å². The highest BCUT2D eigenvalue weighted by Gasteiger charge is 2.04. The van der Waals surface area contributed by atoms with E-state index >= 15 is 0 Å². The van der Waals surface area contributed by atoms with Gasteiger partial charge in [0, 0.05) is 37.9 Å². The number of aromatic nitrogens is 1. The molecule has 0 bridgehead atoms. The van der Waals surface area contributed by atoms with Crippen molar-refractivity contribution in [1.29, 1.82) is 0 Å². The average molecular weight is 424 g/mol. The second-order valence-corrected chi connectivity index (χ2v) is 5.02. The van der Waals surface area contributed by atoms with E-state index in [0.29, 0.717) is 6.54 Å². The first-order valence-electron chi connectivity index (χ1n) is 7.38. The van der Waals surface area contributed by atoms with Gasteiger partial charge in [-0.05, 0) is 24.3 Å². The van der Waals surface area contributed by atoms with Gasteiger partial charge in [0.25, 0.3) is 0 Å². The van der Waals surface area contributed by atoms with Gasteiger partial charge in [0.2, 0.25) is 0 Å². The minimum absolute atomic E-state index is 0. The number of para-hydroxylation sites is 1. The molecule has 0 saturated carbocycles. The molecule has 122 valence electrons. The molecule has 0 aliphatic heterocycles. The Morgan fingerprint density at radius 1 is 1.13 bits per heavy atom. The van der Waals surface area contributed by atoms with Crippen molar-refractivity contribution in [1.82, 2.24) is 15.2 Å². The maximum absolute atomic E-state index is 5.78. The van der Waals surface area contributed by atoms with Crippen molar-refractivity contribution in [3.8, 4) is 0 Å². The summed E-state index contributed by atoms with van der Waals surface area (Å²) in [4.78, 5) is 4.22. The topological polar surface area (TPSA) is 54.5 Å². The second-order valence-electron chi connectivity index (χ2n) is 5.02. The maximum atomic E-state index is 5.78. The Balaban J connectivity index is 0.00000192. The summed E-state index contributed by atoms with van der Waals surface area (Å²) in [5, 5.41) is 7.67. The van der Waals surface area contributed by atoms with E-state index in [1.54, 1.807) is 7.05 Å². The van der Waals surface area contributed by atoms with Gasteiger partial charge in [-0.1, -0.05) is 18.2 Å². The lowest BCUT2D eigenvalue weighted by Crippen LogP contribution is -2.38. The Kier molecular flexibility index (Phi) is 6.52. The van der Waals surface area contributed by atoms with Crippen LogP contribution < -0.4 is 10.6 Å². The van der Waals surface area contributed by atoms with Gasteiger partial charge in [0.15, 0.2) is 5.96 Å². The van der Waals surface area contributed by atoms with Crippen LogP contribution in [0.15, 0.2) is 64.3 Å². The van der Waals surface area contributed by atoms with Gasteiger partial charge in [0.1, 0.15) is 11.3 Å². The summed E-state index contributed by atoms with van der Waals surface area (Å²) >= 11 is 0. The van der Waals surface area contributed by atoms with Crippen molar-refractivity contribution in [3.05, 3.63) is 60.6 Å². The summed E-state index contributed by atoms with van der Waals surface area (Å²) in [6.07, 6.45) is 4.10. The van der Waals surface area contributed by atoms with E-state index in [0.717, 1.165) is 35.8 Å². The number of hydrogen-bond donors (Lipinski definition) is 2. The van der Waals surface area contributed by atoms with E-state index in [2.05, 4.69) is 26.3 Å². The van der Waals surface area contributed by atoms with Gasteiger partial charge in [0.05, 0.1) is 6.54 Å². The van der Waals surface area contributed by atoms with Crippen LogP contribution in [0, 0.1) is 0 Å². The summed E-state index contributed by atoms with van der Waals surface area (Å²) in [6, 6.07) is 14.1. The Labute approximate surface area is 152 Å². The number of benzene rings is 1. The summed E-state index contributed by atoms with van der Waals surface area (Å²) < 4.78 is 7.90. The molecule has 3 rings (SSSR count). The number of furan rings is 1. The van der Waals surface area contributed by atoms with E-state index in [1.807, 2.05) is 48.8 Å². The Morgan fingerprint density at radius 3 is 2.65 bits per heavy atom. The Hall–Kier alpha value is -1.96. The molecular weight excluding hydrogens is 403 g/mol. The number of halogens is 1. The monoisotopic (exact) mass is 424 g/mol. The lowest BCUT2D eigenvalue weighted by atomic mass is 10.2. The minimum Gasteiger partial charge on any atom is -0.459 e. The zero-order valence-electron chi connectivity index (χ0n) is 13.0. The van der Waals surface area contributed by atoms with Crippen molar-refractivity contribution in [2.24, 2.45) is 4.99 Å². The van der Waals surface area contributed by atoms with E-state index < -0.39 is 0 Å². The lowest BCUT2D eigenvalue weighted by molar-refractivity contribution is 0.537. The molecule has 0 aliphatic carbocycles. The predicted octanol–water partition coefficient (Wildman–Crippen LogP) is 3.22. The Morgan fingerprint density at radius 2 is 1.91 bits per heavy atom. The van der Waals surface area contributed by atoms with Crippen LogP contribution in [0.5, 0.6) is 0 Å². The molecule has 2 N–H and O–H groups in total. The number of nitrogens with zero attached hydrogens (tertiary/aromatic N) is 2. The standard InChI is InChI=1S/C17H20N4O.HI/c1-18-17(19-8-11-21-9-4-5-10-21)20-13-15-12-14-6-2-3-7-16(14)22-15;/h2-7,9-10,12H,8,11,13H2,1H3,(H2,18,19,20);1H. The lowest BCUT2D eigenvalue weighted by Gasteiger charge is -2.11. The maximum Gasteiger partial charge on any atom is 0.191 e. The van der Waals surface area contributed by atoms with Crippen molar-refractivity contribution in [2.45, 2.75) is 13.1 Å². The normalized spacial score (nSPS) is 11.3.